The van der Waals surface area contributed by atoms with Gasteiger partial charge >= 0.3 is 0 Å². The van der Waals surface area contributed by atoms with E-state index in [0.717, 1.165) is 10.6 Å². The SMILES string of the molecule is COCCn1ccc(=O)c2c1SC(CO)(C(=O)NCc1ccc(Cl)cc1)C2. The highest BCUT2D eigenvalue weighted by atomic mass is 35.5. The number of aliphatic hydroxyl groups is 1. The zero-order valence-electron chi connectivity index (χ0n) is 14.9. The van der Waals surface area contributed by atoms with Gasteiger partial charge in [0.1, 0.15) is 4.75 Å². The first-order valence-corrected chi connectivity index (χ1v) is 9.72. The van der Waals surface area contributed by atoms with Crippen LogP contribution in [0.25, 0.3) is 0 Å². The largest absolute Gasteiger partial charge is 0.394 e. The third kappa shape index (κ3) is 4.21. The fraction of sp³-hybridized carbons (Fsp3) is 0.368. The smallest absolute Gasteiger partial charge is 0.239 e. The Balaban J connectivity index is 1.79. The molecule has 0 aliphatic carbocycles. The summed E-state index contributed by atoms with van der Waals surface area (Å²) in [5.74, 6) is -0.293. The van der Waals surface area contributed by atoms with Crippen LogP contribution in [0.15, 0.2) is 46.3 Å². The molecule has 0 bridgehead atoms. The summed E-state index contributed by atoms with van der Waals surface area (Å²) >= 11 is 7.12. The van der Waals surface area contributed by atoms with E-state index in [2.05, 4.69) is 5.32 Å². The average molecular weight is 409 g/mol. The van der Waals surface area contributed by atoms with Crippen LogP contribution < -0.4 is 10.7 Å². The second kappa shape index (κ2) is 8.48. The molecule has 1 aliphatic rings. The highest BCUT2D eigenvalue weighted by Gasteiger charge is 2.46. The number of aliphatic hydroxyl groups excluding tert-OH is 1. The molecular weight excluding hydrogens is 388 g/mol. The Labute approximate surface area is 166 Å². The summed E-state index contributed by atoms with van der Waals surface area (Å²) in [5, 5.41) is 14.2. The molecule has 27 heavy (non-hydrogen) atoms. The first-order valence-electron chi connectivity index (χ1n) is 8.53. The number of ether oxygens (including phenoxy) is 1. The van der Waals surface area contributed by atoms with Crippen LogP contribution in [0, 0.1) is 0 Å². The van der Waals surface area contributed by atoms with Gasteiger partial charge in [0.25, 0.3) is 0 Å². The number of thioether (sulfide) groups is 1. The Morgan fingerprint density at radius 2 is 2.11 bits per heavy atom. The summed E-state index contributed by atoms with van der Waals surface area (Å²) in [4.78, 5) is 25.2. The van der Waals surface area contributed by atoms with E-state index in [0.29, 0.717) is 30.3 Å². The zero-order chi connectivity index (χ0) is 19.4. The quantitative estimate of drug-likeness (QED) is 0.730. The molecule has 1 aromatic heterocycles. The molecule has 2 N–H and O–H groups in total. The van der Waals surface area contributed by atoms with Crippen molar-refractivity contribution in [2.24, 2.45) is 0 Å². The highest BCUT2D eigenvalue weighted by molar-refractivity contribution is 8.01. The van der Waals surface area contributed by atoms with Crippen LogP contribution in [0.3, 0.4) is 0 Å². The number of pyridine rings is 1. The van der Waals surface area contributed by atoms with E-state index >= 15 is 0 Å². The van der Waals surface area contributed by atoms with Crippen LogP contribution in [0.5, 0.6) is 0 Å². The Morgan fingerprint density at radius 1 is 1.37 bits per heavy atom. The predicted molar refractivity (Wildman–Crippen MR) is 105 cm³/mol. The molecular formula is C19H21ClN2O4S. The highest BCUT2D eigenvalue weighted by Crippen LogP contribution is 2.43. The summed E-state index contributed by atoms with van der Waals surface area (Å²) in [5.41, 5.74) is 1.35. The molecule has 1 unspecified atom stereocenters. The summed E-state index contributed by atoms with van der Waals surface area (Å²) < 4.78 is 5.90. The molecule has 0 spiro atoms. The second-order valence-electron chi connectivity index (χ2n) is 6.39. The molecule has 0 radical (unpaired) electrons. The van der Waals surface area contributed by atoms with Gasteiger partial charge in [0.05, 0.1) is 18.2 Å². The minimum atomic E-state index is -1.11. The van der Waals surface area contributed by atoms with Crippen molar-refractivity contribution >= 4 is 29.3 Å². The number of carbonyl (C=O) groups is 1. The summed E-state index contributed by atoms with van der Waals surface area (Å²) in [6.45, 7) is 1.02. The van der Waals surface area contributed by atoms with Crippen LogP contribution in [-0.2, 0) is 29.0 Å². The number of methoxy groups -OCH3 is 1. The van der Waals surface area contributed by atoms with Gasteiger partial charge in [0.15, 0.2) is 5.43 Å². The molecule has 3 rings (SSSR count). The third-order valence-electron chi connectivity index (χ3n) is 4.55. The molecule has 144 valence electrons. The number of fused-ring (bicyclic) bond motifs is 1. The summed E-state index contributed by atoms with van der Waals surface area (Å²) in [7, 11) is 1.61. The number of hydrogen-bond donors (Lipinski definition) is 2. The van der Waals surface area contributed by atoms with E-state index in [1.807, 2.05) is 16.7 Å². The Bertz CT molecular complexity index is 884. The van der Waals surface area contributed by atoms with E-state index in [1.54, 1.807) is 25.4 Å². The van der Waals surface area contributed by atoms with Crippen LogP contribution in [-0.4, -0.2) is 40.7 Å². The van der Waals surface area contributed by atoms with Crippen molar-refractivity contribution in [3.8, 4) is 0 Å². The first kappa shape index (κ1) is 19.9. The van der Waals surface area contributed by atoms with Gasteiger partial charge in [0, 0.05) is 49.5 Å². The van der Waals surface area contributed by atoms with Crippen molar-refractivity contribution < 1.29 is 14.6 Å². The number of nitrogens with one attached hydrogen (secondary N) is 1. The van der Waals surface area contributed by atoms with Crippen molar-refractivity contribution in [1.82, 2.24) is 9.88 Å². The lowest BCUT2D eigenvalue weighted by atomic mass is 9.99. The van der Waals surface area contributed by atoms with Crippen LogP contribution in [0.2, 0.25) is 5.02 Å². The number of benzene rings is 1. The van der Waals surface area contributed by atoms with Gasteiger partial charge in [-0.15, -0.1) is 0 Å². The topological polar surface area (TPSA) is 80.6 Å². The van der Waals surface area contributed by atoms with Gasteiger partial charge in [-0.3, -0.25) is 9.59 Å². The van der Waals surface area contributed by atoms with Gasteiger partial charge in [-0.2, -0.15) is 0 Å². The summed E-state index contributed by atoms with van der Waals surface area (Å²) in [6, 6.07) is 8.67. The Hall–Kier alpha value is -1.80. The molecule has 0 fully saturated rings. The molecule has 1 aromatic carbocycles. The Kier molecular flexibility index (Phi) is 6.26. The summed E-state index contributed by atoms with van der Waals surface area (Å²) in [6.07, 6.45) is 1.90. The number of halogens is 1. The van der Waals surface area contributed by atoms with E-state index in [9.17, 15) is 14.7 Å². The van der Waals surface area contributed by atoms with Gasteiger partial charge in [-0.1, -0.05) is 35.5 Å². The standard InChI is InChI=1S/C19H21ClN2O4S/c1-26-9-8-22-7-6-16(24)15-10-19(12-23,27-17(15)22)18(25)21-11-13-2-4-14(20)5-3-13/h2-7,23H,8-12H2,1H3,(H,21,25). The number of carbonyl (C=O) groups excluding carboxylic acids is 1. The molecule has 2 heterocycles. The van der Waals surface area contributed by atoms with Crippen molar-refractivity contribution in [2.75, 3.05) is 20.3 Å². The lowest BCUT2D eigenvalue weighted by molar-refractivity contribution is -0.124. The minimum absolute atomic E-state index is 0.119. The molecule has 8 heteroatoms. The van der Waals surface area contributed by atoms with Gasteiger partial charge < -0.3 is 19.7 Å². The van der Waals surface area contributed by atoms with Crippen molar-refractivity contribution in [3.63, 3.8) is 0 Å². The van der Waals surface area contributed by atoms with Crippen LogP contribution >= 0.6 is 23.4 Å². The van der Waals surface area contributed by atoms with Crippen molar-refractivity contribution in [2.45, 2.75) is 29.3 Å². The maximum atomic E-state index is 12.9. The zero-order valence-corrected chi connectivity index (χ0v) is 16.5. The maximum Gasteiger partial charge on any atom is 0.239 e. The fourth-order valence-electron chi connectivity index (χ4n) is 2.99. The van der Waals surface area contributed by atoms with E-state index in [1.165, 1.54) is 17.8 Å². The van der Waals surface area contributed by atoms with Crippen molar-refractivity contribution in [3.05, 3.63) is 62.9 Å². The minimum Gasteiger partial charge on any atom is -0.394 e. The van der Waals surface area contributed by atoms with E-state index < -0.39 is 4.75 Å². The molecule has 1 amide bonds. The molecule has 0 saturated heterocycles. The third-order valence-corrected chi connectivity index (χ3v) is 6.32. The molecule has 1 atom stereocenters. The normalized spacial score (nSPS) is 18.3. The monoisotopic (exact) mass is 408 g/mol. The number of rotatable bonds is 7. The lowest BCUT2D eigenvalue weighted by Crippen LogP contribution is -2.47. The number of hydrogen-bond acceptors (Lipinski definition) is 5. The van der Waals surface area contributed by atoms with Crippen molar-refractivity contribution in [1.29, 1.82) is 0 Å². The van der Waals surface area contributed by atoms with Gasteiger partial charge in [0.2, 0.25) is 5.91 Å². The van der Waals surface area contributed by atoms with E-state index in [-0.39, 0.29) is 24.4 Å². The van der Waals surface area contributed by atoms with Crippen LogP contribution in [0.1, 0.15) is 11.1 Å². The molecule has 1 aliphatic heterocycles. The number of aromatic nitrogens is 1. The first-order chi connectivity index (χ1) is 13.0. The van der Waals surface area contributed by atoms with Gasteiger partial charge in [-0.05, 0) is 17.7 Å². The molecule has 0 saturated carbocycles. The lowest BCUT2D eigenvalue weighted by Gasteiger charge is -2.24. The maximum absolute atomic E-state index is 12.9. The number of nitrogens with zero attached hydrogens (tertiary/aromatic N) is 1. The van der Waals surface area contributed by atoms with E-state index in [4.69, 9.17) is 16.3 Å². The average Bonchev–Trinajstić information content (AvgIpc) is 3.09. The fourth-order valence-corrected chi connectivity index (χ4v) is 4.50. The molecule has 2 aromatic rings. The Morgan fingerprint density at radius 3 is 2.78 bits per heavy atom. The molecule has 6 nitrogen and oxygen atoms in total. The number of amides is 1. The van der Waals surface area contributed by atoms with Crippen LogP contribution in [0.4, 0.5) is 0 Å². The second-order valence-corrected chi connectivity index (χ2v) is 8.20. The van der Waals surface area contributed by atoms with Gasteiger partial charge in [-0.25, -0.2) is 0 Å². The predicted octanol–water partition coefficient (Wildman–Crippen LogP) is 1.84.